The van der Waals surface area contributed by atoms with Crippen molar-refractivity contribution in [3.05, 3.63) is 182 Å². The van der Waals surface area contributed by atoms with Crippen LogP contribution in [0.25, 0.3) is 89.1 Å². The summed E-state index contributed by atoms with van der Waals surface area (Å²) in [5.41, 5.74) is 12.9. The molecule has 234 valence electrons. The van der Waals surface area contributed by atoms with Gasteiger partial charge in [0.05, 0.1) is 27.9 Å². The highest BCUT2D eigenvalue weighted by Crippen LogP contribution is 2.40. The number of nitrogens with zero attached hydrogens (tertiary/aromatic N) is 4. The zero-order valence-electron chi connectivity index (χ0n) is 27.1. The van der Waals surface area contributed by atoms with Crippen LogP contribution in [0.15, 0.2) is 182 Å². The molecule has 7 aromatic carbocycles. The highest BCUT2D eigenvalue weighted by atomic mass is 15.1. The zero-order valence-corrected chi connectivity index (χ0v) is 27.1. The first-order valence-electron chi connectivity index (χ1n) is 16.9. The van der Waals surface area contributed by atoms with Gasteiger partial charge in [-0.1, -0.05) is 146 Å². The van der Waals surface area contributed by atoms with Crippen LogP contribution in [0.1, 0.15) is 0 Å². The lowest BCUT2D eigenvalue weighted by molar-refractivity contribution is 1.07. The number of fused-ring (bicyclic) bond motifs is 8. The molecule has 0 radical (unpaired) electrons. The summed E-state index contributed by atoms with van der Waals surface area (Å²) >= 11 is 0. The van der Waals surface area contributed by atoms with Crippen LogP contribution >= 0.6 is 0 Å². The molecular formula is C46H30N4. The quantitative estimate of drug-likeness (QED) is 0.176. The molecule has 3 heterocycles. The van der Waals surface area contributed by atoms with E-state index in [4.69, 9.17) is 9.97 Å². The summed E-state index contributed by atoms with van der Waals surface area (Å²) in [6, 6.07) is 64.2. The van der Waals surface area contributed by atoms with Gasteiger partial charge in [-0.15, -0.1) is 0 Å². The first kappa shape index (κ1) is 28.3. The van der Waals surface area contributed by atoms with Crippen LogP contribution in [-0.4, -0.2) is 18.9 Å². The van der Waals surface area contributed by atoms with Crippen LogP contribution in [0, 0.1) is 0 Å². The van der Waals surface area contributed by atoms with E-state index in [1.165, 1.54) is 16.3 Å². The average molecular weight is 639 g/mol. The predicted molar refractivity (Wildman–Crippen MR) is 207 cm³/mol. The molecular weight excluding hydrogens is 609 g/mol. The fraction of sp³-hybridized carbons (Fsp3) is 0. The Morgan fingerprint density at radius 3 is 1.74 bits per heavy atom. The van der Waals surface area contributed by atoms with Crippen LogP contribution in [0.5, 0.6) is 0 Å². The van der Waals surface area contributed by atoms with Gasteiger partial charge in [0.1, 0.15) is 11.5 Å². The van der Waals surface area contributed by atoms with Gasteiger partial charge in [0.25, 0.3) is 0 Å². The standard InChI is InChI=1S/C46H30N4/c1-4-14-32(15-5-1)43-44(33-16-6-2-7-17-33)49(36-18-8-3-9-19-36)45(48-43)34-26-24-31(25-27-34)35-28-29-37-38-20-10-12-22-41(38)50-42-23-13-11-21-40(42)47-46(50)39(37)30-35/h1-30H. The molecule has 0 N–H and O–H groups in total. The molecule has 4 heteroatoms. The number of rotatable bonds is 5. The molecule has 0 bridgehead atoms. The van der Waals surface area contributed by atoms with Gasteiger partial charge in [-0.25, -0.2) is 9.97 Å². The van der Waals surface area contributed by atoms with Crippen molar-refractivity contribution in [3.63, 3.8) is 0 Å². The number of para-hydroxylation sites is 4. The third-order valence-corrected chi connectivity index (χ3v) is 9.72. The highest BCUT2D eigenvalue weighted by Gasteiger charge is 2.22. The van der Waals surface area contributed by atoms with E-state index in [-0.39, 0.29) is 0 Å². The third-order valence-electron chi connectivity index (χ3n) is 9.72. The van der Waals surface area contributed by atoms with Gasteiger partial charge in [-0.2, -0.15) is 0 Å². The maximum absolute atomic E-state index is 5.38. The van der Waals surface area contributed by atoms with Crippen LogP contribution in [0.3, 0.4) is 0 Å². The van der Waals surface area contributed by atoms with Crippen molar-refractivity contribution >= 4 is 38.4 Å². The average Bonchev–Trinajstić information content (AvgIpc) is 3.79. The van der Waals surface area contributed by atoms with E-state index in [2.05, 4.69) is 191 Å². The van der Waals surface area contributed by atoms with Crippen LogP contribution in [0.2, 0.25) is 0 Å². The van der Waals surface area contributed by atoms with E-state index in [1.54, 1.807) is 0 Å². The number of aromatic nitrogens is 4. The predicted octanol–water partition coefficient (Wildman–Crippen LogP) is 11.6. The van der Waals surface area contributed by atoms with Gasteiger partial charge < -0.3 is 0 Å². The Morgan fingerprint density at radius 1 is 0.380 bits per heavy atom. The normalized spacial score (nSPS) is 11.6. The summed E-state index contributed by atoms with van der Waals surface area (Å²) in [5.74, 6) is 0.899. The van der Waals surface area contributed by atoms with Gasteiger partial charge >= 0.3 is 0 Å². The van der Waals surface area contributed by atoms with E-state index in [0.717, 1.165) is 72.8 Å². The van der Waals surface area contributed by atoms with Crippen LogP contribution < -0.4 is 0 Å². The zero-order chi connectivity index (χ0) is 33.0. The van der Waals surface area contributed by atoms with Gasteiger partial charge in [0.2, 0.25) is 0 Å². The summed E-state index contributed by atoms with van der Waals surface area (Å²) in [6.07, 6.45) is 0. The summed E-state index contributed by atoms with van der Waals surface area (Å²) in [6.45, 7) is 0. The van der Waals surface area contributed by atoms with E-state index < -0.39 is 0 Å². The third kappa shape index (κ3) is 4.46. The van der Waals surface area contributed by atoms with Crippen molar-refractivity contribution in [2.24, 2.45) is 0 Å². The van der Waals surface area contributed by atoms with Crippen molar-refractivity contribution in [2.75, 3.05) is 0 Å². The number of pyridine rings is 1. The molecule has 50 heavy (non-hydrogen) atoms. The Bertz CT molecular complexity index is 2830. The summed E-state index contributed by atoms with van der Waals surface area (Å²) in [4.78, 5) is 10.5. The van der Waals surface area contributed by atoms with E-state index in [9.17, 15) is 0 Å². The Kier molecular flexibility index (Phi) is 6.46. The number of imidazole rings is 2. The topological polar surface area (TPSA) is 35.1 Å². The molecule has 0 aliphatic rings. The highest BCUT2D eigenvalue weighted by molar-refractivity contribution is 6.14. The Balaban J connectivity index is 1.15. The van der Waals surface area contributed by atoms with Gasteiger partial charge in [-0.05, 0) is 52.9 Å². The number of benzene rings is 7. The Hall–Kier alpha value is -6.78. The van der Waals surface area contributed by atoms with Gasteiger partial charge in [0.15, 0.2) is 0 Å². The SMILES string of the molecule is c1ccc(-c2nc(-c3ccc(-c4ccc5c6ccccc6n6c7ccccc7nc6c5c4)cc3)n(-c3ccccc3)c2-c2ccccc2)cc1. The second-order valence-corrected chi connectivity index (χ2v) is 12.7. The Labute approximate surface area is 289 Å². The summed E-state index contributed by atoms with van der Waals surface area (Å²) in [5, 5.41) is 3.56. The molecule has 0 aliphatic carbocycles. The summed E-state index contributed by atoms with van der Waals surface area (Å²) in [7, 11) is 0. The molecule has 3 aromatic heterocycles. The van der Waals surface area contributed by atoms with Crippen molar-refractivity contribution in [1.29, 1.82) is 0 Å². The first-order valence-corrected chi connectivity index (χ1v) is 16.9. The monoisotopic (exact) mass is 638 g/mol. The summed E-state index contributed by atoms with van der Waals surface area (Å²) < 4.78 is 4.60. The first-order chi connectivity index (χ1) is 24.8. The van der Waals surface area contributed by atoms with Crippen molar-refractivity contribution in [3.8, 4) is 50.7 Å². The van der Waals surface area contributed by atoms with Crippen LogP contribution in [0.4, 0.5) is 0 Å². The fourth-order valence-electron chi connectivity index (χ4n) is 7.40. The Morgan fingerprint density at radius 2 is 0.980 bits per heavy atom. The largest absolute Gasteiger partial charge is 0.292 e. The molecule has 0 amide bonds. The van der Waals surface area contributed by atoms with E-state index in [1.807, 2.05) is 0 Å². The molecule has 10 rings (SSSR count). The molecule has 0 unspecified atom stereocenters. The maximum Gasteiger partial charge on any atom is 0.146 e. The minimum absolute atomic E-state index is 0.899. The molecule has 0 atom stereocenters. The molecule has 0 aliphatic heterocycles. The van der Waals surface area contributed by atoms with Crippen molar-refractivity contribution in [1.82, 2.24) is 18.9 Å². The smallest absolute Gasteiger partial charge is 0.146 e. The molecule has 0 saturated heterocycles. The maximum atomic E-state index is 5.38. The number of hydrogen-bond donors (Lipinski definition) is 0. The minimum atomic E-state index is 0.899. The van der Waals surface area contributed by atoms with E-state index >= 15 is 0 Å². The van der Waals surface area contributed by atoms with Gasteiger partial charge in [0, 0.05) is 33.2 Å². The minimum Gasteiger partial charge on any atom is -0.292 e. The molecule has 0 fully saturated rings. The van der Waals surface area contributed by atoms with Crippen LogP contribution in [-0.2, 0) is 0 Å². The number of hydrogen-bond acceptors (Lipinski definition) is 2. The van der Waals surface area contributed by atoms with Gasteiger partial charge in [-0.3, -0.25) is 8.97 Å². The molecule has 4 nitrogen and oxygen atoms in total. The fourth-order valence-corrected chi connectivity index (χ4v) is 7.40. The molecule has 10 aromatic rings. The lowest BCUT2D eigenvalue weighted by Crippen LogP contribution is -2.00. The second kappa shape index (κ2) is 11.4. The molecule has 0 saturated carbocycles. The lowest BCUT2D eigenvalue weighted by atomic mass is 9.98. The van der Waals surface area contributed by atoms with E-state index in [0.29, 0.717) is 0 Å². The lowest BCUT2D eigenvalue weighted by Gasteiger charge is -2.14. The molecule has 0 spiro atoms. The second-order valence-electron chi connectivity index (χ2n) is 12.7. The van der Waals surface area contributed by atoms with Crippen molar-refractivity contribution < 1.29 is 0 Å². The van der Waals surface area contributed by atoms with Crippen molar-refractivity contribution in [2.45, 2.75) is 0 Å².